The third kappa shape index (κ3) is 7.08. The lowest BCUT2D eigenvalue weighted by Gasteiger charge is -2.35. The quantitative estimate of drug-likeness (QED) is 0.335. The van der Waals surface area contributed by atoms with Crippen molar-refractivity contribution in [2.45, 2.75) is 58.2 Å². The lowest BCUT2D eigenvalue weighted by Crippen LogP contribution is -2.49. The van der Waals surface area contributed by atoms with Crippen molar-refractivity contribution < 1.29 is 14.0 Å². The summed E-state index contributed by atoms with van der Waals surface area (Å²) in [5, 5.41) is 5.47. The Balaban J connectivity index is 1.55. The highest BCUT2D eigenvalue weighted by Gasteiger charge is 2.29. The summed E-state index contributed by atoms with van der Waals surface area (Å²) in [4.78, 5) is 31.7. The first-order chi connectivity index (χ1) is 17.4. The molecule has 3 amide bonds. The number of nitrogens with zero attached hydrogens (tertiary/aromatic N) is 2. The van der Waals surface area contributed by atoms with E-state index in [1.807, 2.05) is 18.4 Å². The number of halogens is 2. The summed E-state index contributed by atoms with van der Waals surface area (Å²) in [7, 11) is 0. The highest BCUT2D eigenvalue weighted by Crippen LogP contribution is 2.25. The highest BCUT2D eigenvalue weighted by atomic mass is 35.5. The van der Waals surface area contributed by atoms with Crippen LogP contribution in [-0.2, 0) is 17.9 Å². The summed E-state index contributed by atoms with van der Waals surface area (Å²) in [5.41, 5.74) is 2.56. The van der Waals surface area contributed by atoms with Crippen LogP contribution in [0.2, 0.25) is 5.02 Å². The fraction of sp³-hybridized carbons (Fsp3) is 0.357. The van der Waals surface area contributed by atoms with Gasteiger partial charge in [0.2, 0.25) is 5.91 Å². The molecule has 0 radical (unpaired) electrons. The molecule has 1 aliphatic carbocycles. The molecule has 0 atom stereocenters. The van der Waals surface area contributed by atoms with Crippen molar-refractivity contribution in [2.24, 2.45) is 0 Å². The zero-order valence-corrected chi connectivity index (χ0v) is 22.0. The van der Waals surface area contributed by atoms with Crippen LogP contribution in [0.25, 0.3) is 0 Å². The first-order valence-corrected chi connectivity index (χ1v) is 13.5. The van der Waals surface area contributed by atoms with E-state index >= 15 is 0 Å². The second-order valence-electron chi connectivity index (χ2n) is 9.26. The molecule has 8 heteroatoms. The molecule has 0 bridgehead atoms. The molecule has 190 valence electrons. The van der Waals surface area contributed by atoms with E-state index in [9.17, 15) is 14.0 Å². The molecule has 5 nitrogen and oxygen atoms in total. The number of benzene rings is 2. The van der Waals surface area contributed by atoms with Crippen LogP contribution >= 0.6 is 22.9 Å². The third-order valence-corrected chi connectivity index (χ3v) is 7.84. The molecule has 0 saturated heterocycles. The molecule has 1 N–H and O–H groups in total. The molecule has 0 aliphatic heterocycles. The van der Waals surface area contributed by atoms with Gasteiger partial charge in [-0.15, -0.1) is 11.3 Å². The summed E-state index contributed by atoms with van der Waals surface area (Å²) in [5.74, 6) is -0.453. The van der Waals surface area contributed by atoms with Crippen LogP contribution in [0.3, 0.4) is 0 Å². The zero-order valence-electron chi connectivity index (χ0n) is 20.4. The molecule has 2 aromatic carbocycles. The van der Waals surface area contributed by atoms with Crippen LogP contribution in [0, 0.1) is 12.7 Å². The van der Waals surface area contributed by atoms with Gasteiger partial charge in [0, 0.05) is 28.2 Å². The molecule has 0 spiro atoms. The molecular weight excluding hydrogens is 497 g/mol. The van der Waals surface area contributed by atoms with Crippen molar-refractivity contribution in [2.75, 3.05) is 11.9 Å². The minimum absolute atomic E-state index is 0.00182. The standard InChI is InChI=1S/C28H31ClFN3O2S/c1-20-14-15-36-26(20)18-32(17-21-10-12-23(30)13-11-21)27(34)19-33(25-8-3-2-4-9-25)28(35)31-24-7-5-6-22(29)16-24/h5-7,10-16,25H,2-4,8-9,17-19H2,1H3,(H,31,35). The van der Waals surface area contributed by atoms with Gasteiger partial charge in [0.1, 0.15) is 12.4 Å². The molecule has 1 saturated carbocycles. The number of carbonyl (C=O) groups excluding carboxylic acids is 2. The lowest BCUT2D eigenvalue weighted by molar-refractivity contribution is -0.133. The van der Waals surface area contributed by atoms with Gasteiger partial charge in [-0.25, -0.2) is 9.18 Å². The summed E-state index contributed by atoms with van der Waals surface area (Å²) >= 11 is 7.71. The van der Waals surface area contributed by atoms with Crippen molar-refractivity contribution in [1.82, 2.24) is 9.80 Å². The topological polar surface area (TPSA) is 52.7 Å². The van der Waals surface area contributed by atoms with Gasteiger partial charge in [-0.2, -0.15) is 0 Å². The minimum atomic E-state index is -0.313. The SMILES string of the molecule is Cc1ccsc1CN(Cc1ccc(F)cc1)C(=O)CN(C(=O)Nc1cccc(Cl)c1)C1CCCCC1. The summed E-state index contributed by atoms with van der Waals surface area (Å²) < 4.78 is 13.5. The monoisotopic (exact) mass is 527 g/mol. The molecule has 0 unspecified atom stereocenters. The normalized spacial score (nSPS) is 13.9. The van der Waals surface area contributed by atoms with Gasteiger partial charge in [-0.3, -0.25) is 4.79 Å². The molecule has 1 aliphatic rings. The van der Waals surface area contributed by atoms with E-state index in [0.717, 1.165) is 48.1 Å². The summed E-state index contributed by atoms with van der Waals surface area (Å²) in [6.07, 6.45) is 4.96. The summed E-state index contributed by atoms with van der Waals surface area (Å²) in [6.45, 7) is 2.78. The van der Waals surface area contributed by atoms with Gasteiger partial charge < -0.3 is 15.1 Å². The van der Waals surface area contributed by atoms with Crippen molar-refractivity contribution in [3.05, 3.63) is 86.8 Å². The van der Waals surface area contributed by atoms with Crippen LogP contribution in [0.4, 0.5) is 14.9 Å². The van der Waals surface area contributed by atoms with E-state index in [4.69, 9.17) is 11.6 Å². The van der Waals surface area contributed by atoms with Gasteiger partial charge in [0.25, 0.3) is 0 Å². The highest BCUT2D eigenvalue weighted by molar-refractivity contribution is 7.10. The van der Waals surface area contributed by atoms with Crippen molar-refractivity contribution in [3.63, 3.8) is 0 Å². The van der Waals surface area contributed by atoms with Crippen molar-refractivity contribution >= 4 is 40.6 Å². The number of anilines is 1. The Morgan fingerprint density at radius 1 is 1.06 bits per heavy atom. The predicted molar refractivity (Wildman–Crippen MR) is 144 cm³/mol. The molecule has 4 rings (SSSR count). The smallest absolute Gasteiger partial charge is 0.322 e. The molecule has 1 heterocycles. The fourth-order valence-electron chi connectivity index (χ4n) is 4.55. The number of hydrogen-bond acceptors (Lipinski definition) is 3. The molecular formula is C28H31ClFN3O2S. The number of thiophene rings is 1. The van der Waals surface area contributed by atoms with Gasteiger partial charge in [0.15, 0.2) is 0 Å². The molecule has 3 aromatic rings. The molecule has 36 heavy (non-hydrogen) atoms. The predicted octanol–water partition coefficient (Wildman–Crippen LogP) is 7.24. The number of amides is 3. The van der Waals surface area contributed by atoms with E-state index in [1.165, 1.54) is 12.1 Å². The molecule has 1 fully saturated rings. The van der Waals surface area contributed by atoms with Crippen LogP contribution < -0.4 is 5.32 Å². The minimum Gasteiger partial charge on any atom is -0.332 e. The lowest BCUT2D eigenvalue weighted by atomic mass is 9.94. The number of aryl methyl sites for hydroxylation is 1. The summed E-state index contributed by atoms with van der Waals surface area (Å²) in [6, 6.07) is 14.9. The Kier molecular flexibility index (Phi) is 8.99. The Labute approximate surface area is 220 Å². The van der Waals surface area contributed by atoms with Crippen LogP contribution in [-0.4, -0.2) is 34.3 Å². The maximum Gasteiger partial charge on any atom is 0.322 e. The van der Waals surface area contributed by atoms with E-state index in [-0.39, 0.29) is 30.3 Å². The zero-order chi connectivity index (χ0) is 25.5. The maximum atomic E-state index is 13.7. The number of nitrogens with one attached hydrogen (secondary N) is 1. The van der Waals surface area contributed by atoms with Crippen LogP contribution in [0.5, 0.6) is 0 Å². The van der Waals surface area contributed by atoms with E-state index in [0.29, 0.717) is 23.8 Å². The second kappa shape index (κ2) is 12.4. The van der Waals surface area contributed by atoms with E-state index < -0.39 is 0 Å². The number of urea groups is 1. The average Bonchev–Trinajstić information content (AvgIpc) is 3.28. The van der Waals surface area contributed by atoms with Gasteiger partial charge in [0.05, 0.1) is 6.54 Å². The van der Waals surface area contributed by atoms with Crippen LogP contribution in [0.1, 0.15) is 48.1 Å². The second-order valence-corrected chi connectivity index (χ2v) is 10.7. The number of hydrogen-bond donors (Lipinski definition) is 1. The first-order valence-electron chi connectivity index (χ1n) is 12.3. The van der Waals surface area contributed by atoms with Crippen LogP contribution in [0.15, 0.2) is 60.0 Å². The average molecular weight is 528 g/mol. The Morgan fingerprint density at radius 3 is 2.47 bits per heavy atom. The fourth-order valence-corrected chi connectivity index (χ4v) is 5.66. The van der Waals surface area contributed by atoms with Crippen molar-refractivity contribution in [3.8, 4) is 0 Å². The Hall–Kier alpha value is -2.90. The third-order valence-electron chi connectivity index (χ3n) is 6.60. The van der Waals surface area contributed by atoms with E-state index in [2.05, 4.69) is 5.32 Å². The van der Waals surface area contributed by atoms with Gasteiger partial charge in [-0.1, -0.05) is 49.1 Å². The van der Waals surface area contributed by atoms with Gasteiger partial charge in [-0.05, 0) is 72.7 Å². The van der Waals surface area contributed by atoms with Gasteiger partial charge >= 0.3 is 6.03 Å². The number of carbonyl (C=O) groups is 2. The Bertz CT molecular complexity index is 1180. The van der Waals surface area contributed by atoms with Crippen molar-refractivity contribution in [1.29, 1.82) is 0 Å². The van der Waals surface area contributed by atoms with E-state index in [1.54, 1.807) is 57.5 Å². The Morgan fingerprint density at radius 2 is 1.81 bits per heavy atom. The first kappa shape index (κ1) is 26.2. The maximum absolute atomic E-state index is 13.7. The number of rotatable bonds is 8. The molecule has 1 aromatic heterocycles. The largest absolute Gasteiger partial charge is 0.332 e.